The molecule has 6 nitrogen and oxygen atoms in total. The fourth-order valence-corrected chi connectivity index (χ4v) is 2.14. The summed E-state index contributed by atoms with van der Waals surface area (Å²) < 4.78 is 12.2. The van der Waals surface area contributed by atoms with E-state index < -0.39 is 0 Å². The quantitative estimate of drug-likeness (QED) is 0.848. The summed E-state index contributed by atoms with van der Waals surface area (Å²) in [7, 11) is 3.55. The standard InChI is InChI=1S/C14H15N3O3/c1-16(14(18)11-6-15-17(2)8-11)7-10-3-4-12-13(5-10)20-9-19-12/h3-6,8H,7,9H2,1-2H3. The summed E-state index contributed by atoms with van der Waals surface area (Å²) >= 11 is 0. The molecule has 1 aliphatic rings. The van der Waals surface area contributed by atoms with Gasteiger partial charge >= 0.3 is 0 Å². The van der Waals surface area contributed by atoms with Crippen molar-refractivity contribution in [3.05, 3.63) is 41.7 Å². The summed E-state index contributed by atoms with van der Waals surface area (Å²) in [5, 5.41) is 4.01. The lowest BCUT2D eigenvalue weighted by Crippen LogP contribution is -2.25. The van der Waals surface area contributed by atoms with Gasteiger partial charge < -0.3 is 14.4 Å². The van der Waals surface area contributed by atoms with Crippen LogP contribution in [0.15, 0.2) is 30.6 Å². The molecule has 0 bridgehead atoms. The van der Waals surface area contributed by atoms with E-state index in [9.17, 15) is 4.79 Å². The first-order valence-electron chi connectivity index (χ1n) is 6.26. The number of carbonyl (C=O) groups excluding carboxylic acids is 1. The summed E-state index contributed by atoms with van der Waals surface area (Å²) in [5.41, 5.74) is 1.57. The van der Waals surface area contributed by atoms with Crippen molar-refractivity contribution in [3.63, 3.8) is 0 Å². The molecule has 0 saturated carbocycles. The lowest BCUT2D eigenvalue weighted by Gasteiger charge is -2.16. The van der Waals surface area contributed by atoms with E-state index in [1.807, 2.05) is 18.2 Å². The van der Waals surface area contributed by atoms with Crippen LogP contribution in [0.25, 0.3) is 0 Å². The molecular weight excluding hydrogens is 258 g/mol. The molecule has 2 aromatic rings. The Balaban J connectivity index is 1.72. The molecule has 3 rings (SSSR count). The third-order valence-corrected chi connectivity index (χ3v) is 3.16. The van der Waals surface area contributed by atoms with E-state index in [4.69, 9.17) is 9.47 Å². The van der Waals surface area contributed by atoms with Crippen LogP contribution < -0.4 is 9.47 Å². The highest BCUT2D eigenvalue weighted by atomic mass is 16.7. The van der Waals surface area contributed by atoms with Gasteiger partial charge in [0.05, 0.1) is 11.8 Å². The van der Waals surface area contributed by atoms with Gasteiger partial charge in [-0.2, -0.15) is 5.10 Å². The summed E-state index contributed by atoms with van der Waals surface area (Å²) in [6, 6.07) is 5.69. The maximum Gasteiger partial charge on any atom is 0.257 e. The third-order valence-electron chi connectivity index (χ3n) is 3.16. The number of aromatic nitrogens is 2. The lowest BCUT2D eigenvalue weighted by atomic mass is 10.2. The lowest BCUT2D eigenvalue weighted by molar-refractivity contribution is 0.0785. The molecular formula is C14H15N3O3. The van der Waals surface area contributed by atoms with Gasteiger partial charge in [0.1, 0.15) is 0 Å². The van der Waals surface area contributed by atoms with Gasteiger partial charge in [0.2, 0.25) is 6.79 Å². The van der Waals surface area contributed by atoms with Crippen molar-refractivity contribution >= 4 is 5.91 Å². The fraction of sp³-hybridized carbons (Fsp3) is 0.286. The van der Waals surface area contributed by atoms with Crippen LogP contribution >= 0.6 is 0 Å². The van der Waals surface area contributed by atoms with Crippen LogP contribution in [-0.4, -0.2) is 34.4 Å². The molecule has 1 aromatic heterocycles. The highest BCUT2D eigenvalue weighted by molar-refractivity contribution is 5.93. The molecule has 6 heteroatoms. The van der Waals surface area contributed by atoms with E-state index in [0.29, 0.717) is 12.1 Å². The van der Waals surface area contributed by atoms with Crippen LogP contribution in [0.5, 0.6) is 11.5 Å². The molecule has 104 valence electrons. The van der Waals surface area contributed by atoms with Gasteiger partial charge in [-0.1, -0.05) is 6.07 Å². The zero-order valence-corrected chi connectivity index (χ0v) is 11.4. The van der Waals surface area contributed by atoms with Gasteiger partial charge in [-0.05, 0) is 17.7 Å². The minimum atomic E-state index is -0.0595. The number of amides is 1. The van der Waals surface area contributed by atoms with E-state index in [0.717, 1.165) is 17.1 Å². The Kier molecular flexibility index (Phi) is 3.06. The third kappa shape index (κ3) is 2.32. The van der Waals surface area contributed by atoms with Gasteiger partial charge in [0.25, 0.3) is 5.91 Å². The van der Waals surface area contributed by atoms with Crippen molar-refractivity contribution in [2.24, 2.45) is 7.05 Å². The highest BCUT2D eigenvalue weighted by Crippen LogP contribution is 2.32. The Bertz CT molecular complexity index is 651. The van der Waals surface area contributed by atoms with E-state index in [2.05, 4.69) is 5.10 Å². The van der Waals surface area contributed by atoms with Crippen LogP contribution in [0, 0.1) is 0 Å². The van der Waals surface area contributed by atoms with Crippen LogP contribution in [-0.2, 0) is 13.6 Å². The summed E-state index contributed by atoms with van der Waals surface area (Å²) in [4.78, 5) is 13.9. The number of hydrogen-bond donors (Lipinski definition) is 0. The zero-order valence-electron chi connectivity index (χ0n) is 11.4. The zero-order chi connectivity index (χ0) is 14.1. The smallest absolute Gasteiger partial charge is 0.257 e. The molecule has 0 N–H and O–H groups in total. The molecule has 0 radical (unpaired) electrons. The first-order valence-corrected chi connectivity index (χ1v) is 6.26. The molecule has 0 fully saturated rings. The molecule has 1 amide bonds. The minimum Gasteiger partial charge on any atom is -0.454 e. The Hall–Kier alpha value is -2.50. The number of nitrogens with zero attached hydrogens (tertiary/aromatic N) is 3. The predicted octanol–water partition coefficient (Wildman–Crippen LogP) is 1.42. The number of hydrogen-bond acceptors (Lipinski definition) is 4. The van der Waals surface area contributed by atoms with Crippen LogP contribution in [0.2, 0.25) is 0 Å². The minimum absolute atomic E-state index is 0.0595. The van der Waals surface area contributed by atoms with Gasteiger partial charge in [0.15, 0.2) is 11.5 Å². The molecule has 2 heterocycles. The molecule has 1 aliphatic heterocycles. The van der Waals surface area contributed by atoms with Gasteiger partial charge in [-0.15, -0.1) is 0 Å². The topological polar surface area (TPSA) is 56.6 Å². The fourth-order valence-electron chi connectivity index (χ4n) is 2.14. The number of ether oxygens (including phenoxy) is 2. The largest absolute Gasteiger partial charge is 0.454 e. The van der Waals surface area contributed by atoms with E-state index in [-0.39, 0.29) is 12.7 Å². The van der Waals surface area contributed by atoms with Crippen molar-refractivity contribution in [1.82, 2.24) is 14.7 Å². The van der Waals surface area contributed by atoms with Crippen molar-refractivity contribution in [2.45, 2.75) is 6.54 Å². The number of benzene rings is 1. The van der Waals surface area contributed by atoms with Gasteiger partial charge in [-0.25, -0.2) is 0 Å². The molecule has 1 aromatic carbocycles. The summed E-state index contributed by atoms with van der Waals surface area (Å²) in [6.45, 7) is 0.758. The Morgan fingerprint density at radius 1 is 1.40 bits per heavy atom. The molecule has 0 saturated heterocycles. The van der Waals surface area contributed by atoms with E-state index >= 15 is 0 Å². The van der Waals surface area contributed by atoms with Crippen molar-refractivity contribution in [3.8, 4) is 11.5 Å². The normalized spacial score (nSPS) is 12.5. The molecule has 0 unspecified atom stereocenters. The Labute approximate surface area is 116 Å². The Morgan fingerprint density at radius 2 is 2.20 bits per heavy atom. The summed E-state index contributed by atoms with van der Waals surface area (Å²) in [6.07, 6.45) is 3.27. The number of fused-ring (bicyclic) bond motifs is 1. The average Bonchev–Trinajstić information content (AvgIpc) is 3.05. The second-order valence-corrected chi connectivity index (χ2v) is 4.75. The SMILES string of the molecule is CN(Cc1ccc2c(c1)OCO2)C(=O)c1cnn(C)c1. The van der Waals surface area contributed by atoms with Gasteiger partial charge in [0, 0.05) is 26.8 Å². The first-order chi connectivity index (χ1) is 9.63. The van der Waals surface area contributed by atoms with Crippen molar-refractivity contribution in [1.29, 1.82) is 0 Å². The predicted molar refractivity (Wildman–Crippen MR) is 71.6 cm³/mol. The first kappa shape index (κ1) is 12.5. The number of aryl methyl sites for hydroxylation is 1. The van der Waals surface area contributed by atoms with E-state index in [1.165, 1.54) is 0 Å². The second kappa shape index (κ2) is 4.88. The van der Waals surface area contributed by atoms with Gasteiger partial charge in [-0.3, -0.25) is 9.48 Å². The van der Waals surface area contributed by atoms with E-state index in [1.54, 1.807) is 36.1 Å². The Morgan fingerprint density at radius 3 is 2.95 bits per heavy atom. The van der Waals surface area contributed by atoms with Crippen LogP contribution in [0.3, 0.4) is 0 Å². The second-order valence-electron chi connectivity index (χ2n) is 4.75. The number of carbonyl (C=O) groups is 1. The summed E-state index contributed by atoms with van der Waals surface area (Å²) in [5.74, 6) is 1.41. The molecule has 0 atom stereocenters. The molecule has 0 spiro atoms. The highest BCUT2D eigenvalue weighted by Gasteiger charge is 2.17. The van der Waals surface area contributed by atoms with Crippen molar-refractivity contribution in [2.75, 3.05) is 13.8 Å². The van der Waals surface area contributed by atoms with Crippen LogP contribution in [0.1, 0.15) is 15.9 Å². The molecule has 0 aliphatic carbocycles. The number of rotatable bonds is 3. The maximum absolute atomic E-state index is 12.2. The maximum atomic E-state index is 12.2. The molecule has 20 heavy (non-hydrogen) atoms. The average molecular weight is 273 g/mol. The van der Waals surface area contributed by atoms with Crippen molar-refractivity contribution < 1.29 is 14.3 Å². The van der Waals surface area contributed by atoms with Crippen LogP contribution in [0.4, 0.5) is 0 Å². The monoisotopic (exact) mass is 273 g/mol.